The van der Waals surface area contributed by atoms with Crippen LogP contribution in [0.3, 0.4) is 0 Å². The Kier molecular flexibility index (Phi) is 8.52. The van der Waals surface area contributed by atoms with Crippen molar-refractivity contribution in [3.05, 3.63) is 64.7 Å². The van der Waals surface area contributed by atoms with Gasteiger partial charge in [0.05, 0.1) is 0 Å². The molecular formula is C23H29ClN2O3. The minimum absolute atomic E-state index is 0.0126. The lowest BCUT2D eigenvalue weighted by atomic mass is 10.1. The maximum Gasteiger partial charge on any atom is 0.261 e. The fourth-order valence-corrected chi connectivity index (χ4v) is 3.08. The molecule has 0 saturated heterocycles. The van der Waals surface area contributed by atoms with Crippen molar-refractivity contribution in [3.8, 4) is 5.75 Å². The van der Waals surface area contributed by atoms with Gasteiger partial charge in [-0.1, -0.05) is 42.8 Å². The van der Waals surface area contributed by atoms with Crippen LogP contribution in [0.4, 0.5) is 0 Å². The van der Waals surface area contributed by atoms with Gasteiger partial charge < -0.3 is 15.0 Å². The first-order valence-electron chi connectivity index (χ1n) is 9.86. The van der Waals surface area contributed by atoms with E-state index in [1.807, 2.05) is 50.2 Å². The van der Waals surface area contributed by atoms with Crippen LogP contribution in [0.1, 0.15) is 38.8 Å². The second-order valence-corrected chi connectivity index (χ2v) is 7.71. The molecule has 0 bridgehead atoms. The predicted octanol–water partition coefficient (Wildman–Crippen LogP) is 4.22. The summed E-state index contributed by atoms with van der Waals surface area (Å²) < 4.78 is 5.67. The Morgan fingerprint density at radius 2 is 1.76 bits per heavy atom. The van der Waals surface area contributed by atoms with Gasteiger partial charge in [-0.25, -0.2) is 0 Å². The molecule has 5 nitrogen and oxygen atoms in total. The van der Waals surface area contributed by atoms with E-state index in [4.69, 9.17) is 16.3 Å². The van der Waals surface area contributed by atoms with Gasteiger partial charge in [0.2, 0.25) is 5.91 Å². The van der Waals surface area contributed by atoms with Crippen molar-refractivity contribution in [2.75, 3.05) is 6.61 Å². The smallest absolute Gasteiger partial charge is 0.261 e. The average molecular weight is 417 g/mol. The zero-order chi connectivity index (χ0) is 21.4. The highest BCUT2D eigenvalue weighted by molar-refractivity contribution is 6.30. The van der Waals surface area contributed by atoms with E-state index in [1.165, 1.54) is 10.5 Å². The number of nitrogens with one attached hydrogen (secondary N) is 1. The Labute approximate surface area is 178 Å². The fraction of sp³-hybridized carbons (Fsp3) is 0.391. The van der Waals surface area contributed by atoms with Gasteiger partial charge in [-0.3, -0.25) is 9.59 Å². The third-order valence-electron chi connectivity index (χ3n) is 4.53. The lowest BCUT2D eigenvalue weighted by Gasteiger charge is -2.29. The van der Waals surface area contributed by atoms with Gasteiger partial charge in [0.25, 0.3) is 5.91 Å². The summed E-state index contributed by atoms with van der Waals surface area (Å²) in [4.78, 5) is 27.0. The number of benzene rings is 2. The molecule has 0 radical (unpaired) electrons. The second-order valence-electron chi connectivity index (χ2n) is 7.28. The third-order valence-corrected chi connectivity index (χ3v) is 4.77. The van der Waals surface area contributed by atoms with E-state index in [0.29, 0.717) is 10.8 Å². The number of ether oxygens (including phenoxy) is 1. The van der Waals surface area contributed by atoms with Gasteiger partial charge in [-0.05, 0) is 62.6 Å². The molecule has 6 heteroatoms. The minimum atomic E-state index is -0.644. The summed E-state index contributed by atoms with van der Waals surface area (Å²) in [6.45, 7) is 7.69. The number of carbonyl (C=O) groups excluding carboxylic acids is 2. The highest BCUT2D eigenvalue weighted by Gasteiger charge is 2.26. The SMILES string of the molecule is CCc1ccc(OCC(=O)N(Cc2cccc(Cl)c2)[C@@H](C)C(=O)NC(C)C)cc1. The number of hydrogen-bond donors (Lipinski definition) is 1. The number of rotatable bonds is 9. The molecule has 0 aromatic heterocycles. The summed E-state index contributed by atoms with van der Waals surface area (Å²) in [7, 11) is 0. The summed E-state index contributed by atoms with van der Waals surface area (Å²) in [6.07, 6.45) is 0.940. The maximum absolute atomic E-state index is 12.9. The number of amides is 2. The van der Waals surface area contributed by atoms with Crippen molar-refractivity contribution in [1.29, 1.82) is 0 Å². The summed E-state index contributed by atoms with van der Waals surface area (Å²) in [5.41, 5.74) is 2.05. The maximum atomic E-state index is 12.9. The number of carbonyl (C=O) groups is 2. The van der Waals surface area contributed by atoms with Crippen molar-refractivity contribution < 1.29 is 14.3 Å². The van der Waals surface area contributed by atoms with E-state index in [1.54, 1.807) is 19.1 Å². The van der Waals surface area contributed by atoms with E-state index in [2.05, 4.69) is 12.2 Å². The first-order valence-corrected chi connectivity index (χ1v) is 10.2. The second kappa shape index (κ2) is 10.9. The molecule has 0 aliphatic heterocycles. The molecule has 0 fully saturated rings. The first kappa shape index (κ1) is 22.8. The van der Waals surface area contributed by atoms with Gasteiger partial charge in [0.1, 0.15) is 11.8 Å². The monoisotopic (exact) mass is 416 g/mol. The Hall–Kier alpha value is -2.53. The van der Waals surface area contributed by atoms with Crippen LogP contribution in [0.2, 0.25) is 5.02 Å². The third kappa shape index (κ3) is 7.09. The van der Waals surface area contributed by atoms with Crippen molar-refractivity contribution in [2.24, 2.45) is 0 Å². The van der Waals surface area contributed by atoms with E-state index in [0.717, 1.165) is 12.0 Å². The van der Waals surface area contributed by atoms with Crippen LogP contribution in [0.15, 0.2) is 48.5 Å². The molecule has 2 amide bonds. The van der Waals surface area contributed by atoms with Crippen LogP contribution in [0.5, 0.6) is 5.75 Å². The average Bonchev–Trinajstić information content (AvgIpc) is 2.69. The summed E-state index contributed by atoms with van der Waals surface area (Å²) in [5.74, 6) is 0.149. The normalized spacial score (nSPS) is 11.8. The molecule has 0 heterocycles. The summed E-state index contributed by atoms with van der Waals surface area (Å²) in [6, 6.07) is 14.3. The zero-order valence-electron chi connectivity index (χ0n) is 17.4. The molecule has 156 valence electrons. The quantitative estimate of drug-likeness (QED) is 0.665. The topological polar surface area (TPSA) is 58.6 Å². The van der Waals surface area contributed by atoms with Crippen LogP contribution in [-0.4, -0.2) is 35.4 Å². The first-order chi connectivity index (χ1) is 13.8. The molecule has 0 aliphatic rings. The number of halogens is 1. The molecule has 1 N–H and O–H groups in total. The van der Waals surface area contributed by atoms with Crippen molar-refractivity contribution in [2.45, 2.75) is 52.7 Å². The molecule has 2 aromatic rings. The molecule has 0 saturated carbocycles. The molecule has 2 aromatic carbocycles. The standard InChI is InChI=1S/C23H29ClN2O3/c1-5-18-9-11-21(12-10-18)29-15-22(27)26(17(4)23(28)25-16(2)3)14-19-7-6-8-20(24)13-19/h6-13,16-17H,5,14-15H2,1-4H3,(H,25,28)/t17-/m0/s1. The highest BCUT2D eigenvalue weighted by Crippen LogP contribution is 2.16. The Bertz CT molecular complexity index is 821. The molecule has 0 aliphatic carbocycles. The largest absolute Gasteiger partial charge is 0.484 e. The van der Waals surface area contributed by atoms with Crippen LogP contribution in [-0.2, 0) is 22.6 Å². The summed E-state index contributed by atoms with van der Waals surface area (Å²) >= 11 is 6.08. The van der Waals surface area contributed by atoms with Crippen LogP contribution >= 0.6 is 11.6 Å². The molecular weight excluding hydrogens is 388 g/mol. The minimum Gasteiger partial charge on any atom is -0.484 e. The van der Waals surface area contributed by atoms with Crippen LogP contribution in [0.25, 0.3) is 0 Å². The Balaban J connectivity index is 2.13. The van der Waals surface area contributed by atoms with Gasteiger partial charge in [-0.2, -0.15) is 0 Å². The molecule has 0 spiro atoms. The van der Waals surface area contributed by atoms with Gasteiger partial charge >= 0.3 is 0 Å². The predicted molar refractivity (Wildman–Crippen MR) is 116 cm³/mol. The number of hydrogen-bond acceptors (Lipinski definition) is 3. The van der Waals surface area contributed by atoms with Crippen LogP contribution in [0, 0.1) is 0 Å². The Morgan fingerprint density at radius 3 is 2.34 bits per heavy atom. The van der Waals surface area contributed by atoms with Crippen molar-refractivity contribution in [3.63, 3.8) is 0 Å². The molecule has 2 rings (SSSR count). The Morgan fingerprint density at radius 1 is 1.07 bits per heavy atom. The van der Waals surface area contributed by atoms with Crippen molar-refractivity contribution >= 4 is 23.4 Å². The van der Waals surface area contributed by atoms with E-state index >= 15 is 0 Å². The highest BCUT2D eigenvalue weighted by atomic mass is 35.5. The van der Waals surface area contributed by atoms with Crippen molar-refractivity contribution in [1.82, 2.24) is 10.2 Å². The summed E-state index contributed by atoms with van der Waals surface area (Å²) in [5, 5.41) is 3.45. The van der Waals surface area contributed by atoms with Gasteiger partial charge in [0, 0.05) is 17.6 Å². The lowest BCUT2D eigenvalue weighted by Crippen LogP contribution is -2.50. The van der Waals surface area contributed by atoms with E-state index in [9.17, 15) is 9.59 Å². The molecule has 0 unspecified atom stereocenters. The van der Waals surface area contributed by atoms with Gasteiger partial charge in [0.15, 0.2) is 6.61 Å². The molecule has 1 atom stereocenters. The van der Waals surface area contributed by atoms with E-state index in [-0.39, 0.29) is 31.0 Å². The zero-order valence-corrected chi connectivity index (χ0v) is 18.2. The number of nitrogens with zero attached hydrogens (tertiary/aromatic N) is 1. The van der Waals surface area contributed by atoms with Gasteiger partial charge in [-0.15, -0.1) is 0 Å². The number of aryl methyl sites for hydroxylation is 1. The lowest BCUT2D eigenvalue weighted by molar-refractivity contribution is -0.142. The van der Waals surface area contributed by atoms with E-state index < -0.39 is 6.04 Å². The fourth-order valence-electron chi connectivity index (χ4n) is 2.87. The molecule has 29 heavy (non-hydrogen) atoms. The van der Waals surface area contributed by atoms with Crippen LogP contribution < -0.4 is 10.1 Å².